The minimum absolute atomic E-state index is 0.210. The van der Waals surface area contributed by atoms with Crippen molar-refractivity contribution in [2.45, 2.75) is 13.5 Å². The van der Waals surface area contributed by atoms with Crippen LogP contribution in [0.15, 0.2) is 66.9 Å². The Bertz CT molecular complexity index is 1180. The summed E-state index contributed by atoms with van der Waals surface area (Å²) in [6.45, 7) is 2.74. The number of carboxylic acid groups (broad SMARTS) is 1. The highest BCUT2D eigenvalue weighted by Gasteiger charge is 2.18. The molecule has 0 aliphatic rings. The van der Waals surface area contributed by atoms with Crippen LogP contribution < -0.4 is 4.74 Å². The van der Waals surface area contributed by atoms with Gasteiger partial charge in [-0.25, -0.2) is 4.79 Å². The molecule has 2 heterocycles. The highest BCUT2D eigenvalue weighted by atomic mass is 35.5. The first-order valence-corrected chi connectivity index (χ1v) is 9.57. The van der Waals surface area contributed by atoms with Gasteiger partial charge < -0.3 is 14.4 Å². The molecule has 6 heteroatoms. The molecule has 2 aromatic heterocycles. The topological polar surface area (TPSA) is 64.3 Å². The van der Waals surface area contributed by atoms with E-state index in [1.807, 2.05) is 37.3 Å². The third kappa shape index (κ3) is 3.96. The number of rotatable bonds is 6. The van der Waals surface area contributed by atoms with Gasteiger partial charge >= 0.3 is 5.97 Å². The zero-order valence-electron chi connectivity index (χ0n) is 15.8. The van der Waals surface area contributed by atoms with Gasteiger partial charge in [0.05, 0.1) is 17.8 Å². The summed E-state index contributed by atoms with van der Waals surface area (Å²) in [5.41, 5.74) is 3.87. The Morgan fingerprint density at radius 3 is 2.66 bits per heavy atom. The number of hydrogen-bond donors (Lipinski definition) is 1. The fraction of sp³-hybridized carbons (Fsp3) is 0.130. The highest BCUT2D eigenvalue weighted by molar-refractivity contribution is 6.30. The minimum atomic E-state index is -0.983. The lowest BCUT2D eigenvalue weighted by atomic mass is 10.1. The summed E-state index contributed by atoms with van der Waals surface area (Å²) in [5.74, 6) is -0.298. The van der Waals surface area contributed by atoms with E-state index in [9.17, 15) is 9.90 Å². The Labute approximate surface area is 173 Å². The second-order valence-corrected chi connectivity index (χ2v) is 7.19. The van der Waals surface area contributed by atoms with Gasteiger partial charge in [0.1, 0.15) is 18.1 Å². The molecule has 5 nitrogen and oxygen atoms in total. The van der Waals surface area contributed by atoms with Crippen molar-refractivity contribution in [3.05, 3.63) is 83.1 Å². The van der Waals surface area contributed by atoms with E-state index in [1.165, 1.54) is 0 Å². The number of aromatic carboxylic acids is 1. The number of fused-ring (bicyclic) bond motifs is 1. The van der Waals surface area contributed by atoms with Crippen LogP contribution in [0.5, 0.6) is 5.75 Å². The maximum Gasteiger partial charge on any atom is 0.352 e. The third-order valence-corrected chi connectivity index (χ3v) is 4.99. The molecule has 0 bridgehead atoms. The molecule has 4 aromatic rings. The second kappa shape index (κ2) is 7.97. The van der Waals surface area contributed by atoms with Crippen LogP contribution in [0, 0.1) is 6.92 Å². The summed E-state index contributed by atoms with van der Waals surface area (Å²) in [5, 5.41) is 11.2. The van der Waals surface area contributed by atoms with E-state index in [-0.39, 0.29) is 5.69 Å². The molecule has 0 radical (unpaired) electrons. The zero-order chi connectivity index (χ0) is 20.4. The van der Waals surface area contributed by atoms with Crippen molar-refractivity contribution in [2.24, 2.45) is 0 Å². The normalized spacial score (nSPS) is 11.0. The Morgan fingerprint density at radius 2 is 1.93 bits per heavy atom. The van der Waals surface area contributed by atoms with Gasteiger partial charge in [0.15, 0.2) is 0 Å². The Kier molecular flexibility index (Phi) is 5.23. The van der Waals surface area contributed by atoms with Gasteiger partial charge in [0.25, 0.3) is 0 Å². The summed E-state index contributed by atoms with van der Waals surface area (Å²) >= 11 is 5.89. The number of hydrogen-bond acceptors (Lipinski definition) is 3. The molecule has 0 saturated heterocycles. The summed E-state index contributed by atoms with van der Waals surface area (Å²) < 4.78 is 7.52. The Hall–Kier alpha value is -3.31. The van der Waals surface area contributed by atoms with Gasteiger partial charge in [-0.1, -0.05) is 35.4 Å². The predicted molar refractivity (Wildman–Crippen MR) is 114 cm³/mol. The summed E-state index contributed by atoms with van der Waals surface area (Å²) in [7, 11) is 0. The Morgan fingerprint density at radius 1 is 1.14 bits per heavy atom. The first kappa shape index (κ1) is 19.0. The van der Waals surface area contributed by atoms with Crippen molar-refractivity contribution in [1.82, 2.24) is 9.55 Å². The monoisotopic (exact) mass is 406 g/mol. The average Bonchev–Trinajstić information content (AvgIpc) is 3.08. The molecular weight excluding hydrogens is 388 g/mol. The van der Waals surface area contributed by atoms with Gasteiger partial charge in [-0.2, -0.15) is 0 Å². The van der Waals surface area contributed by atoms with E-state index in [0.29, 0.717) is 23.9 Å². The number of nitrogens with zero attached hydrogens (tertiary/aromatic N) is 2. The predicted octanol–water partition coefficient (Wildman–Crippen LogP) is 5.44. The smallest absolute Gasteiger partial charge is 0.352 e. The number of carboxylic acids is 1. The van der Waals surface area contributed by atoms with Crippen molar-refractivity contribution in [1.29, 1.82) is 0 Å². The first-order valence-electron chi connectivity index (χ1n) is 9.20. The van der Waals surface area contributed by atoms with Gasteiger partial charge in [-0.3, -0.25) is 4.98 Å². The molecule has 0 saturated carbocycles. The molecule has 4 rings (SSSR count). The number of ether oxygens (including phenoxy) is 1. The maximum absolute atomic E-state index is 11.9. The number of benzene rings is 2. The molecule has 0 atom stereocenters. The minimum Gasteiger partial charge on any atom is -0.492 e. The van der Waals surface area contributed by atoms with Crippen LogP contribution in [-0.2, 0) is 6.54 Å². The maximum atomic E-state index is 11.9. The molecule has 0 fully saturated rings. The van der Waals surface area contributed by atoms with E-state index in [2.05, 4.69) is 4.98 Å². The lowest BCUT2D eigenvalue weighted by molar-refractivity contribution is 0.0684. The standard InChI is InChI=1S/C23H19ClN2O3/c1-15-3-2-4-16(13-15)22-19-14-21(23(27)28)26(20(19)9-10-25-22)11-12-29-18-7-5-17(24)6-8-18/h2-10,13-14H,11-12H2,1H3,(H,27,28). The van der Waals surface area contributed by atoms with Crippen LogP contribution in [-0.4, -0.2) is 27.2 Å². The summed E-state index contributed by atoms with van der Waals surface area (Å²) in [6, 6.07) is 18.6. The van der Waals surface area contributed by atoms with Crippen LogP contribution in [0.25, 0.3) is 22.2 Å². The van der Waals surface area contributed by atoms with Crippen LogP contribution in [0.3, 0.4) is 0 Å². The van der Waals surface area contributed by atoms with Crippen molar-refractivity contribution in [3.63, 3.8) is 0 Å². The third-order valence-electron chi connectivity index (χ3n) is 4.74. The number of halogens is 1. The molecule has 146 valence electrons. The van der Waals surface area contributed by atoms with Crippen molar-refractivity contribution >= 4 is 28.5 Å². The van der Waals surface area contributed by atoms with Crippen molar-refractivity contribution < 1.29 is 14.6 Å². The van der Waals surface area contributed by atoms with Crippen LogP contribution in [0.2, 0.25) is 5.02 Å². The van der Waals surface area contributed by atoms with Crippen LogP contribution >= 0.6 is 11.6 Å². The SMILES string of the molecule is Cc1cccc(-c2nccc3c2cc(C(=O)O)n3CCOc2ccc(Cl)cc2)c1. The number of carbonyl (C=O) groups is 1. The summed E-state index contributed by atoms with van der Waals surface area (Å²) in [6.07, 6.45) is 1.71. The second-order valence-electron chi connectivity index (χ2n) is 6.75. The van der Waals surface area contributed by atoms with E-state index in [4.69, 9.17) is 16.3 Å². The lowest BCUT2D eigenvalue weighted by Crippen LogP contribution is -2.13. The van der Waals surface area contributed by atoms with E-state index < -0.39 is 5.97 Å². The van der Waals surface area contributed by atoms with Crippen molar-refractivity contribution in [3.8, 4) is 17.0 Å². The molecular formula is C23H19ClN2O3. The molecule has 0 aliphatic carbocycles. The van der Waals surface area contributed by atoms with Crippen LogP contribution in [0.4, 0.5) is 0 Å². The largest absolute Gasteiger partial charge is 0.492 e. The Balaban J connectivity index is 1.69. The lowest BCUT2D eigenvalue weighted by Gasteiger charge is -2.11. The number of pyridine rings is 1. The van der Waals surface area contributed by atoms with Gasteiger partial charge in [-0.05, 0) is 49.4 Å². The quantitative estimate of drug-likeness (QED) is 0.463. The van der Waals surface area contributed by atoms with E-state index in [0.717, 1.165) is 27.7 Å². The molecule has 29 heavy (non-hydrogen) atoms. The molecule has 0 unspecified atom stereocenters. The molecule has 1 N–H and O–H groups in total. The van der Waals surface area contributed by atoms with E-state index >= 15 is 0 Å². The van der Waals surface area contributed by atoms with Gasteiger partial charge in [0, 0.05) is 22.2 Å². The molecule has 2 aromatic carbocycles. The fourth-order valence-corrected chi connectivity index (χ4v) is 3.54. The zero-order valence-corrected chi connectivity index (χ0v) is 16.6. The van der Waals surface area contributed by atoms with Crippen molar-refractivity contribution in [2.75, 3.05) is 6.61 Å². The fourth-order valence-electron chi connectivity index (χ4n) is 3.41. The van der Waals surface area contributed by atoms with E-state index in [1.54, 1.807) is 41.1 Å². The average molecular weight is 407 g/mol. The molecule has 0 amide bonds. The van der Waals surface area contributed by atoms with Gasteiger partial charge in [0.2, 0.25) is 0 Å². The van der Waals surface area contributed by atoms with Crippen LogP contribution in [0.1, 0.15) is 16.1 Å². The van der Waals surface area contributed by atoms with Gasteiger partial charge in [-0.15, -0.1) is 0 Å². The molecule has 0 spiro atoms. The first-order chi connectivity index (χ1) is 14.0. The highest BCUT2D eigenvalue weighted by Crippen LogP contribution is 2.30. The molecule has 0 aliphatic heterocycles. The number of aromatic nitrogens is 2. The number of aryl methyl sites for hydroxylation is 1. The summed E-state index contributed by atoms with van der Waals surface area (Å²) in [4.78, 5) is 16.4.